The van der Waals surface area contributed by atoms with Crippen LogP contribution in [-0.2, 0) is 24.8 Å². The number of thioether (sulfide) groups is 1. The van der Waals surface area contributed by atoms with Gasteiger partial charge in [-0.1, -0.05) is 91.7 Å². The topological polar surface area (TPSA) is 34.9 Å². The standard InChI is InChI=1S/C28H30N2OS/c1-2-19-32-27-29-25-23-14-8-7-13-22(23)20-28(16-9-4-10-17-28)24(25)26(31)30(27)18-15-21-11-5-3-6-12-21/h2-3,5-8,11-14H,1,4,9-10,15-20H2. The number of rotatable bonds is 6. The molecule has 4 heteroatoms. The van der Waals surface area contributed by atoms with Gasteiger partial charge in [-0.2, -0.15) is 0 Å². The minimum atomic E-state index is -0.0673. The van der Waals surface area contributed by atoms with Gasteiger partial charge in [0.25, 0.3) is 5.56 Å². The van der Waals surface area contributed by atoms with Gasteiger partial charge in [0, 0.05) is 23.3 Å². The van der Waals surface area contributed by atoms with Crippen molar-refractivity contribution in [3.63, 3.8) is 0 Å². The molecule has 2 aliphatic rings. The van der Waals surface area contributed by atoms with Crippen LogP contribution >= 0.6 is 11.8 Å². The first kappa shape index (κ1) is 21.3. The molecule has 0 radical (unpaired) electrons. The van der Waals surface area contributed by atoms with Crippen LogP contribution in [0.3, 0.4) is 0 Å². The monoisotopic (exact) mass is 442 g/mol. The maximum atomic E-state index is 14.2. The van der Waals surface area contributed by atoms with Gasteiger partial charge in [0.1, 0.15) is 0 Å². The highest BCUT2D eigenvalue weighted by atomic mass is 32.2. The molecule has 2 aliphatic carbocycles. The molecule has 0 aliphatic heterocycles. The summed E-state index contributed by atoms with van der Waals surface area (Å²) >= 11 is 1.61. The third-order valence-corrected chi connectivity index (χ3v) is 8.05. The molecule has 3 nitrogen and oxygen atoms in total. The Kier molecular flexibility index (Phi) is 6.05. The maximum absolute atomic E-state index is 14.2. The summed E-state index contributed by atoms with van der Waals surface area (Å²) in [6.45, 7) is 4.53. The van der Waals surface area contributed by atoms with Crippen molar-refractivity contribution in [1.29, 1.82) is 0 Å². The lowest BCUT2D eigenvalue weighted by molar-refractivity contribution is 0.282. The number of nitrogens with zero attached hydrogens (tertiary/aromatic N) is 2. The Morgan fingerprint density at radius 3 is 2.56 bits per heavy atom. The average molecular weight is 443 g/mol. The highest BCUT2D eigenvalue weighted by Gasteiger charge is 2.43. The lowest BCUT2D eigenvalue weighted by Gasteiger charge is -2.42. The van der Waals surface area contributed by atoms with Gasteiger partial charge in [0.05, 0.1) is 11.3 Å². The van der Waals surface area contributed by atoms with Gasteiger partial charge in [0.2, 0.25) is 0 Å². The molecule has 164 valence electrons. The molecule has 1 aromatic heterocycles. The highest BCUT2D eigenvalue weighted by molar-refractivity contribution is 7.99. The summed E-state index contributed by atoms with van der Waals surface area (Å²) in [7, 11) is 0. The van der Waals surface area contributed by atoms with Crippen LogP contribution in [0.1, 0.15) is 48.8 Å². The van der Waals surface area contributed by atoms with Gasteiger partial charge < -0.3 is 0 Å². The molecular formula is C28H30N2OS. The zero-order valence-corrected chi connectivity index (χ0v) is 19.4. The number of hydrogen-bond donors (Lipinski definition) is 0. The van der Waals surface area contributed by atoms with Crippen LogP contribution in [0.15, 0.2) is 77.2 Å². The Balaban J connectivity index is 1.67. The number of benzene rings is 2. The van der Waals surface area contributed by atoms with E-state index in [4.69, 9.17) is 4.98 Å². The van der Waals surface area contributed by atoms with Crippen molar-refractivity contribution in [2.75, 3.05) is 5.75 Å². The third-order valence-electron chi connectivity index (χ3n) is 7.07. The largest absolute Gasteiger partial charge is 0.287 e. The average Bonchev–Trinajstić information content (AvgIpc) is 2.83. The molecule has 0 N–H and O–H groups in total. The first-order valence-electron chi connectivity index (χ1n) is 11.7. The van der Waals surface area contributed by atoms with E-state index in [1.54, 1.807) is 11.8 Å². The first-order chi connectivity index (χ1) is 15.7. The zero-order chi connectivity index (χ0) is 22.0. The normalized spacial score (nSPS) is 16.4. The second-order valence-corrected chi connectivity index (χ2v) is 10.1. The number of aryl methyl sites for hydroxylation is 1. The Hall–Kier alpha value is -2.59. The predicted octanol–water partition coefficient (Wildman–Crippen LogP) is 6.19. The molecular weight excluding hydrogens is 412 g/mol. The summed E-state index contributed by atoms with van der Waals surface area (Å²) < 4.78 is 1.95. The molecule has 32 heavy (non-hydrogen) atoms. The van der Waals surface area contributed by atoms with Gasteiger partial charge in [-0.25, -0.2) is 4.98 Å². The van der Waals surface area contributed by atoms with Crippen LogP contribution in [0.4, 0.5) is 0 Å². The third kappa shape index (κ3) is 3.86. The van der Waals surface area contributed by atoms with Crippen molar-refractivity contribution in [2.24, 2.45) is 0 Å². The highest BCUT2D eigenvalue weighted by Crippen LogP contribution is 2.48. The summed E-state index contributed by atoms with van der Waals surface area (Å²) in [6.07, 6.45) is 9.50. The smallest absolute Gasteiger partial charge is 0.258 e. The molecule has 0 atom stereocenters. The fraction of sp³-hybridized carbons (Fsp3) is 0.357. The van der Waals surface area contributed by atoms with E-state index in [0.717, 1.165) is 53.4 Å². The van der Waals surface area contributed by atoms with Crippen LogP contribution in [0.5, 0.6) is 0 Å². The van der Waals surface area contributed by atoms with Crippen LogP contribution < -0.4 is 5.56 Å². The van der Waals surface area contributed by atoms with E-state index < -0.39 is 0 Å². The van der Waals surface area contributed by atoms with Gasteiger partial charge in [0.15, 0.2) is 5.16 Å². The number of fused-ring (bicyclic) bond motifs is 4. The van der Waals surface area contributed by atoms with E-state index in [1.807, 2.05) is 16.7 Å². The molecule has 0 saturated heterocycles. The van der Waals surface area contributed by atoms with Crippen molar-refractivity contribution < 1.29 is 0 Å². The summed E-state index contributed by atoms with van der Waals surface area (Å²) in [4.78, 5) is 19.4. The SMILES string of the molecule is C=CCSc1nc2c(c(=O)n1CCc1ccccc1)C1(CCCCC1)Cc1ccccc1-2. The molecule has 5 rings (SSSR count). The van der Waals surface area contributed by atoms with Gasteiger partial charge in [-0.15, -0.1) is 6.58 Å². The van der Waals surface area contributed by atoms with E-state index in [0.29, 0.717) is 6.54 Å². The molecule has 0 unspecified atom stereocenters. The molecule has 1 spiro atoms. The second-order valence-electron chi connectivity index (χ2n) is 9.08. The lowest BCUT2D eigenvalue weighted by atomic mass is 9.62. The van der Waals surface area contributed by atoms with Crippen molar-refractivity contribution in [3.05, 3.63) is 94.3 Å². The van der Waals surface area contributed by atoms with Crippen molar-refractivity contribution in [2.45, 2.75) is 62.1 Å². The Morgan fingerprint density at radius 2 is 1.78 bits per heavy atom. The predicted molar refractivity (Wildman–Crippen MR) is 133 cm³/mol. The van der Waals surface area contributed by atoms with E-state index >= 15 is 0 Å². The van der Waals surface area contributed by atoms with E-state index in [9.17, 15) is 4.79 Å². The quantitative estimate of drug-likeness (QED) is 0.259. The Labute approximate surface area is 194 Å². The Morgan fingerprint density at radius 1 is 1.03 bits per heavy atom. The zero-order valence-electron chi connectivity index (χ0n) is 18.6. The summed E-state index contributed by atoms with van der Waals surface area (Å²) in [5.41, 5.74) is 5.75. The maximum Gasteiger partial charge on any atom is 0.258 e. The van der Waals surface area contributed by atoms with Crippen molar-refractivity contribution >= 4 is 11.8 Å². The van der Waals surface area contributed by atoms with E-state index in [1.165, 1.54) is 30.4 Å². The van der Waals surface area contributed by atoms with Gasteiger partial charge >= 0.3 is 0 Å². The van der Waals surface area contributed by atoms with Crippen LogP contribution in [-0.4, -0.2) is 15.3 Å². The first-order valence-corrected chi connectivity index (χ1v) is 12.7. The fourth-order valence-electron chi connectivity index (χ4n) is 5.55. The molecule has 1 fully saturated rings. The minimum Gasteiger partial charge on any atom is -0.287 e. The van der Waals surface area contributed by atoms with E-state index in [-0.39, 0.29) is 11.0 Å². The summed E-state index contributed by atoms with van der Waals surface area (Å²) in [5.74, 6) is 0.739. The van der Waals surface area contributed by atoms with Crippen LogP contribution in [0, 0.1) is 0 Å². The number of hydrogen-bond acceptors (Lipinski definition) is 3. The fourth-order valence-corrected chi connectivity index (χ4v) is 6.30. The van der Waals surface area contributed by atoms with Gasteiger partial charge in [-0.3, -0.25) is 9.36 Å². The molecule has 3 aromatic rings. The lowest BCUT2D eigenvalue weighted by Crippen LogP contribution is -2.43. The van der Waals surface area contributed by atoms with Gasteiger partial charge in [-0.05, 0) is 36.8 Å². The Bertz CT molecular complexity index is 1180. The van der Waals surface area contributed by atoms with Crippen LogP contribution in [0.25, 0.3) is 11.3 Å². The van der Waals surface area contributed by atoms with Crippen LogP contribution in [0.2, 0.25) is 0 Å². The molecule has 1 saturated carbocycles. The molecule has 0 bridgehead atoms. The molecule has 0 amide bonds. The van der Waals surface area contributed by atoms with Crippen molar-refractivity contribution in [1.82, 2.24) is 9.55 Å². The second kappa shape index (κ2) is 9.11. The van der Waals surface area contributed by atoms with Crippen molar-refractivity contribution in [3.8, 4) is 11.3 Å². The summed E-state index contributed by atoms with van der Waals surface area (Å²) in [5, 5.41) is 0.812. The molecule has 1 heterocycles. The summed E-state index contributed by atoms with van der Waals surface area (Å²) in [6, 6.07) is 19.0. The minimum absolute atomic E-state index is 0.0673. The number of aromatic nitrogens is 2. The molecule has 2 aromatic carbocycles. The van der Waals surface area contributed by atoms with E-state index in [2.05, 4.69) is 55.1 Å².